The third-order valence-corrected chi connectivity index (χ3v) is 16.3. The van der Waals surface area contributed by atoms with Gasteiger partial charge in [-0.15, -0.1) is 0 Å². The average Bonchev–Trinajstić information content (AvgIpc) is 3.92. The average molecular weight is 1100 g/mol. The number of para-hydroxylation sites is 3. The summed E-state index contributed by atoms with van der Waals surface area (Å²) in [5.41, 5.74) is 19.8. The van der Waals surface area contributed by atoms with E-state index in [2.05, 4.69) is 234 Å². The van der Waals surface area contributed by atoms with Crippen LogP contribution in [0, 0.1) is 10.7 Å². The van der Waals surface area contributed by atoms with Crippen molar-refractivity contribution in [3.8, 4) is 62.1 Å². The smallest absolute Gasteiger partial charge is 0.0581 e. The first-order valence-corrected chi connectivity index (χ1v) is 26.6. The number of aryl methyl sites for hydroxylation is 2. The summed E-state index contributed by atoms with van der Waals surface area (Å²) in [5, 5.41) is 2.35. The number of ether oxygens (including phenoxy) is 1. The molecule has 1 saturated carbocycles. The molecule has 71 heavy (non-hydrogen) atoms. The SMILES string of the molecule is Cc1cc(-n2c3ccccc3c3ccc(Oc4cccc(-n5[c](=[Pt])n(-c6c(-c7ccccc7)cc7c(c6-c6ccccc6)CCCC7)c6ccccc65)c4)cc32)ncc1-c1ccc(C2CCCCC2)cc1. The minimum atomic E-state index is 0.692. The van der Waals surface area contributed by atoms with Crippen LogP contribution in [0.3, 0.4) is 0 Å². The van der Waals surface area contributed by atoms with Crippen LogP contribution in [0.1, 0.15) is 73.1 Å². The van der Waals surface area contributed by atoms with E-state index in [1.165, 1.54) is 112 Å². The first-order valence-electron chi connectivity index (χ1n) is 25.4. The number of benzene rings is 8. The molecule has 0 spiro atoms. The minimum Gasteiger partial charge on any atom is -0.0581 e. The van der Waals surface area contributed by atoms with Crippen LogP contribution in [0.25, 0.3) is 83.4 Å². The first-order chi connectivity index (χ1) is 35.1. The molecule has 11 aromatic rings. The molecule has 0 saturated heterocycles. The van der Waals surface area contributed by atoms with Gasteiger partial charge in [0, 0.05) is 11.8 Å². The maximum absolute atomic E-state index is 6.89. The normalized spacial score (nSPS) is 14.1. The fourth-order valence-electron chi connectivity index (χ4n) is 11.9. The van der Waals surface area contributed by atoms with E-state index in [-0.39, 0.29) is 0 Å². The molecule has 3 aromatic heterocycles. The summed E-state index contributed by atoms with van der Waals surface area (Å²) >= 11 is 2.56. The summed E-state index contributed by atoms with van der Waals surface area (Å²) in [6.07, 6.45) is 13.3. The molecule has 0 unspecified atom stereocenters. The van der Waals surface area contributed by atoms with Gasteiger partial charge in [0.1, 0.15) is 0 Å². The van der Waals surface area contributed by atoms with Gasteiger partial charge in [-0.05, 0) is 42.4 Å². The number of rotatable bonds is 9. The van der Waals surface area contributed by atoms with Gasteiger partial charge in [-0.25, -0.2) is 0 Å². The van der Waals surface area contributed by atoms with Crippen LogP contribution in [-0.2, 0) is 32.2 Å². The van der Waals surface area contributed by atoms with Gasteiger partial charge >= 0.3 is 319 Å². The molecule has 5 nitrogen and oxygen atoms in total. The van der Waals surface area contributed by atoms with Crippen LogP contribution in [-0.4, -0.2) is 18.7 Å². The van der Waals surface area contributed by atoms with E-state index in [0.717, 1.165) is 67.1 Å². The standard InChI is InChI=1S/C65H54N4O.Pt/c1-44-38-63(66-42-58(44)48-34-32-46(33-35-48)45-18-5-2-6-19-45)69-59-29-14-13-28-55(59)56-37-36-53(41-62(56)69)70-52-26-17-25-51(40-52)67-43-68(61-31-16-15-30-60(61)67)65-57(47-20-7-3-8-21-47)39-50-24-11-12-27-54(50)64(65)49-22-9-4-10-23-49;/h3-4,7-10,13-17,20-23,25-26,28-42,45H,2,5-6,11-12,18-19,24,27H2,1H3;. The molecule has 0 bridgehead atoms. The fraction of sp³-hybridized carbons (Fsp3) is 0.169. The molecule has 0 aliphatic heterocycles. The van der Waals surface area contributed by atoms with Gasteiger partial charge in [0.05, 0.1) is 0 Å². The van der Waals surface area contributed by atoms with E-state index < -0.39 is 0 Å². The maximum atomic E-state index is 6.89. The van der Waals surface area contributed by atoms with Crippen LogP contribution in [0.4, 0.5) is 0 Å². The van der Waals surface area contributed by atoms with Gasteiger partial charge in [-0.3, -0.25) is 0 Å². The van der Waals surface area contributed by atoms with Crippen molar-refractivity contribution in [2.45, 2.75) is 70.6 Å². The summed E-state index contributed by atoms with van der Waals surface area (Å²) in [5.74, 6) is 3.11. The molecule has 2 aliphatic carbocycles. The number of aromatic nitrogens is 4. The summed E-state index contributed by atoms with van der Waals surface area (Å²) < 4.78 is 15.2. The Balaban J connectivity index is 0.896. The second kappa shape index (κ2) is 18.4. The molecule has 0 N–H and O–H groups in total. The van der Waals surface area contributed by atoms with Gasteiger partial charge in [0.2, 0.25) is 0 Å². The van der Waals surface area contributed by atoms with E-state index in [0.29, 0.717) is 5.92 Å². The van der Waals surface area contributed by atoms with Gasteiger partial charge in [0.15, 0.2) is 0 Å². The zero-order chi connectivity index (χ0) is 47.4. The predicted octanol–water partition coefficient (Wildman–Crippen LogP) is 17.0. The number of hydrogen-bond donors (Lipinski definition) is 0. The molecule has 2 aliphatic rings. The Morgan fingerprint density at radius 3 is 1.94 bits per heavy atom. The molecular weight excluding hydrogens is 1050 g/mol. The summed E-state index contributed by atoms with van der Waals surface area (Å²) in [4.78, 5) is 5.17. The number of hydrogen-bond acceptors (Lipinski definition) is 2. The molecule has 350 valence electrons. The molecule has 0 atom stereocenters. The molecular formula is C65H54N4OPt. The van der Waals surface area contributed by atoms with Crippen molar-refractivity contribution in [3.05, 3.63) is 220 Å². The van der Waals surface area contributed by atoms with Gasteiger partial charge in [-0.1, -0.05) is 55.7 Å². The van der Waals surface area contributed by atoms with E-state index in [4.69, 9.17) is 9.72 Å². The Bertz CT molecular complexity index is 3860. The van der Waals surface area contributed by atoms with Gasteiger partial charge < -0.3 is 0 Å². The van der Waals surface area contributed by atoms with Crippen molar-refractivity contribution in [2.24, 2.45) is 0 Å². The molecule has 0 amide bonds. The van der Waals surface area contributed by atoms with E-state index >= 15 is 0 Å². The van der Waals surface area contributed by atoms with Crippen molar-refractivity contribution in [2.75, 3.05) is 0 Å². The van der Waals surface area contributed by atoms with Gasteiger partial charge in [-0.2, -0.15) is 0 Å². The van der Waals surface area contributed by atoms with Crippen LogP contribution in [0.2, 0.25) is 0 Å². The number of fused-ring (bicyclic) bond motifs is 5. The third kappa shape index (κ3) is 7.83. The summed E-state index contributed by atoms with van der Waals surface area (Å²) in [7, 11) is 0. The molecule has 1 fully saturated rings. The Hall–Kier alpha value is -7.33. The number of imidazole rings is 1. The topological polar surface area (TPSA) is 36.9 Å². The van der Waals surface area contributed by atoms with Crippen LogP contribution in [0.5, 0.6) is 11.5 Å². The van der Waals surface area contributed by atoms with E-state index in [1.807, 2.05) is 0 Å². The van der Waals surface area contributed by atoms with E-state index in [1.54, 1.807) is 0 Å². The van der Waals surface area contributed by atoms with Crippen LogP contribution < -0.4 is 4.74 Å². The van der Waals surface area contributed by atoms with E-state index in [9.17, 15) is 0 Å². The first kappa shape index (κ1) is 43.7. The molecule has 8 aromatic carbocycles. The Morgan fingerprint density at radius 2 is 1.17 bits per heavy atom. The number of nitrogens with zero attached hydrogens (tertiary/aromatic N) is 4. The number of pyridine rings is 1. The van der Waals surface area contributed by atoms with Crippen molar-refractivity contribution in [1.82, 2.24) is 18.7 Å². The quantitative estimate of drug-likeness (QED) is 0.144. The zero-order valence-electron chi connectivity index (χ0n) is 39.9. The van der Waals surface area contributed by atoms with Crippen molar-refractivity contribution in [1.29, 1.82) is 0 Å². The third-order valence-electron chi connectivity index (χ3n) is 15.3. The summed E-state index contributed by atoms with van der Waals surface area (Å²) in [6, 6.07) is 68.5. The van der Waals surface area contributed by atoms with Gasteiger partial charge in [0.25, 0.3) is 0 Å². The molecule has 13 rings (SSSR count). The monoisotopic (exact) mass is 1100 g/mol. The minimum absolute atomic E-state index is 0.692. The predicted molar refractivity (Wildman–Crippen MR) is 288 cm³/mol. The Kier molecular flexibility index (Phi) is 11.3. The van der Waals surface area contributed by atoms with Crippen LogP contribution >= 0.6 is 0 Å². The van der Waals surface area contributed by atoms with Crippen molar-refractivity contribution in [3.63, 3.8) is 0 Å². The molecule has 0 radical (unpaired) electrons. The molecule has 6 heteroatoms. The fourth-order valence-corrected chi connectivity index (χ4v) is 13.0. The van der Waals surface area contributed by atoms with Crippen molar-refractivity contribution >= 4 is 32.8 Å². The van der Waals surface area contributed by atoms with Crippen molar-refractivity contribution < 1.29 is 24.1 Å². The molecule has 3 heterocycles. The second-order valence-corrected chi connectivity index (χ2v) is 20.6. The van der Waals surface area contributed by atoms with Crippen LogP contribution in [0.15, 0.2) is 194 Å². The summed E-state index contributed by atoms with van der Waals surface area (Å²) in [6.45, 7) is 2.21. The Morgan fingerprint density at radius 1 is 0.507 bits per heavy atom. The second-order valence-electron chi connectivity index (χ2n) is 19.6. The Labute approximate surface area is 426 Å². The zero-order valence-corrected chi connectivity index (χ0v) is 42.2.